The molecule has 0 unspecified atom stereocenters. The van der Waals surface area contributed by atoms with Crippen LogP contribution in [0, 0.1) is 0 Å². The van der Waals surface area contributed by atoms with Gasteiger partial charge in [-0.15, -0.1) is 5.10 Å². The topological polar surface area (TPSA) is 196 Å². The van der Waals surface area contributed by atoms with Crippen LogP contribution in [0.2, 0.25) is 0 Å². The Morgan fingerprint density at radius 3 is 2.17 bits per heavy atom. The molecule has 6 N–H and O–H groups in total. The van der Waals surface area contributed by atoms with Gasteiger partial charge in [0, 0.05) is 5.56 Å². The summed E-state index contributed by atoms with van der Waals surface area (Å²) in [7, 11) is 0. The summed E-state index contributed by atoms with van der Waals surface area (Å²) in [6.45, 7) is 4.85. The monoisotopic (exact) mass is 661 g/mol. The molecule has 0 spiro atoms. The van der Waals surface area contributed by atoms with Gasteiger partial charge in [0.25, 0.3) is 5.91 Å². The molecular formula is C31H34F3N5O8. The van der Waals surface area contributed by atoms with E-state index in [9.17, 15) is 48.0 Å². The Morgan fingerprint density at radius 2 is 1.62 bits per heavy atom. The number of amides is 2. The summed E-state index contributed by atoms with van der Waals surface area (Å²) in [4.78, 5) is 36.0. The number of alkyl halides is 3. The highest BCUT2D eigenvalue weighted by molar-refractivity contribution is 5.95. The lowest BCUT2D eigenvalue weighted by molar-refractivity contribution is -0.179. The van der Waals surface area contributed by atoms with Gasteiger partial charge in [0.2, 0.25) is 5.76 Å². The third-order valence-corrected chi connectivity index (χ3v) is 7.63. The molecule has 2 heterocycles. The fraction of sp³-hybridized carbons (Fsp3) is 0.387. The summed E-state index contributed by atoms with van der Waals surface area (Å²) in [6, 6.07) is 13.2. The van der Waals surface area contributed by atoms with Crippen molar-refractivity contribution in [2.24, 2.45) is 0 Å². The predicted octanol–water partition coefficient (Wildman–Crippen LogP) is 1.67. The van der Waals surface area contributed by atoms with Gasteiger partial charge < -0.3 is 35.8 Å². The number of carbonyl (C=O) groups excluding carboxylic acids is 2. The van der Waals surface area contributed by atoms with Gasteiger partial charge in [0.15, 0.2) is 6.10 Å². The van der Waals surface area contributed by atoms with Crippen LogP contribution in [0.15, 0.2) is 66.6 Å². The molecule has 0 saturated heterocycles. The third kappa shape index (κ3) is 8.33. The number of carbonyl (C=O) groups is 3. The number of aliphatic carboxylic acids is 1. The maximum atomic E-state index is 13.1. The van der Waals surface area contributed by atoms with Crippen molar-refractivity contribution in [1.82, 2.24) is 25.6 Å². The van der Waals surface area contributed by atoms with E-state index in [0.717, 1.165) is 22.2 Å². The zero-order valence-corrected chi connectivity index (χ0v) is 25.5. The Labute approximate surface area is 266 Å². The zero-order chi connectivity index (χ0) is 34.7. The number of carboxylic acid groups (broad SMARTS) is 1. The van der Waals surface area contributed by atoms with Crippen molar-refractivity contribution in [2.75, 3.05) is 0 Å². The van der Waals surface area contributed by atoms with Crippen LogP contribution < -0.4 is 10.6 Å². The van der Waals surface area contributed by atoms with Crippen LogP contribution in [-0.2, 0) is 32.8 Å². The molecule has 16 heteroatoms. The van der Waals surface area contributed by atoms with Crippen molar-refractivity contribution >= 4 is 17.8 Å². The molecule has 1 aliphatic rings. The highest BCUT2D eigenvalue weighted by Crippen LogP contribution is 2.26. The van der Waals surface area contributed by atoms with E-state index in [4.69, 9.17) is 4.74 Å². The van der Waals surface area contributed by atoms with E-state index < -0.39 is 72.3 Å². The van der Waals surface area contributed by atoms with Gasteiger partial charge in [0.05, 0.1) is 24.3 Å². The Kier molecular flexibility index (Phi) is 10.4. The first-order chi connectivity index (χ1) is 22.0. The van der Waals surface area contributed by atoms with Crippen LogP contribution in [0.5, 0.6) is 0 Å². The van der Waals surface area contributed by atoms with Gasteiger partial charge in [-0.05, 0) is 55.2 Å². The highest BCUT2D eigenvalue weighted by atomic mass is 19.4. The van der Waals surface area contributed by atoms with Gasteiger partial charge in [-0.2, -0.15) is 13.2 Å². The molecule has 1 aliphatic heterocycles. The standard InChI is InChI=1S/C31H34F3N5O8/c1-4-16-5-7-17(8-6-16)18-9-11-19(12-10-18)27(43)36-30(2,3)23-15-39(38-37-23)14-21(41)25(42)26-24(35-29(46)31(32,33)34)20(40)13-22(47-26)28(44)45/h5-13,15,20-21,24-26,40-42H,4,14H2,1-3H3,(H,35,46)(H,36,43)(H,44,45)/t20-,21+,24+,25+,26+/m0/s1. The Hall–Kier alpha value is -4.80. The molecule has 2 amide bonds. The Bertz CT molecular complexity index is 1620. The molecule has 2 aromatic carbocycles. The second kappa shape index (κ2) is 13.9. The Morgan fingerprint density at radius 1 is 1.02 bits per heavy atom. The minimum absolute atomic E-state index is 0.246. The molecule has 0 bridgehead atoms. The van der Waals surface area contributed by atoms with Crippen LogP contribution in [0.1, 0.15) is 42.4 Å². The van der Waals surface area contributed by atoms with E-state index in [-0.39, 0.29) is 5.69 Å². The number of nitrogens with zero attached hydrogens (tertiary/aromatic N) is 3. The number of hydrogen-bond donors (Lipinski definition) is 6. The fourth-order valence-electron chi connectivity index (χ4n) is 4.88. The van der Waals surface area contributed by atoms with E-state index in [1.165, 1.54) is 17.1 Å². The number of rotatable bonds is 11. The quantitative estimate of drug-likeness (QED) is 0.176. The number of hydrogen-bond acceptors (Lipinski definition) is 9. The largest absolute Gasteiger partial charge is 0.478 e. The van der Waals surface area contributed by atoms with Crippen LogP contribution in [0.25, 0.3) is 11.1 Å². The third-order valence-electron chi connectivity index (χ3n) is 7.63. The molecule has 3 aromatic rings. The number of benzene rings is 2. The van der Waals surface area contributed by atoms with Gasteiger partial charge in [-0.1, -0.05) is 48.5 Å². The summed E-state index contributed by atoms with van der Waals surface area (Å²) in [6.07, 6.45) is -10.6. The first kappa shape index (κ1) is 35.1. The minimum atomic E-state index is -5.37. The molecule has 4 rings (SSSR count). The summed E-state index contributed by atoms with van der Waals surface area (Å²) < 4.78 is 44.8. The van der Waals surface area contributed by atoms with E-state index in [1.807, 2.05) is 36.4 Å². The number of carboxylic acids is 1. The van der Waals surface area contributed by atoms with E-state index in [0.29, 0.717) is 11.6 Å². The van der Waals surface area contributed by atoms with Crippen LogP contribution in [0.3, 0.4) is 0 Å². The SMILES string of the molecule is CCc1ccc(-c2ccc(C(=O)NC(C)(C)c3cn(C[C@@H](O)[C@@H](O)[C@@H]4OC(C(=O)O)=C[C@H](O)[C@H]4NC(=O)C(F)(F)F)nn3)cc2)cc1. The maximum absolute atomic E-state index is 13.1. The minimum Gasteiger partial charge on any atom is -0.478 e. The summed E-state index contributed by atoms with van der Waals surface area (Å²) in [5, 5.41) is 53.2. The first-order valence-electron chi connectivity index (χ1n) is 14.5. The average molecular weight is 662 g/mol. The lowest BCUT2D eigenvalue weighted by Gasteiger charge is -2.38. The van der Waals surface area contributed by atoms with E-state index in [1.54, 1.807) is 26.0 Å². The van der Waals surface area contributed by atoms with Crippen molar-refractivity contribution < 1.29 is 52.7 Å². The highest BCUT2D eigenvalue weighted by Gasteiger charge is 2.47. The van der Waals surface area contributed by atoms with Crippen LogP contribution in [-0.4, -0.2) is 89.8 Å². The molecule has 13 nitrogen and oxygen atoms in total. The molecule has 0 fully saturated rings. The molecule has 1 aromatic heterocycles. The molecule has 47 heavy (non-hydrogen) atoms. The maximum Gasteiger partial charge on any atom is 0.471 e. The molecular weight excluding hydrogens is 627 g/mol. The van der Waals surface area contributed by atoms with Gasteiger partial charge in [0.1, 0.15) is 24.0 Å². The van der Waals surface area contributed by atoms with Gasteiger partial charge >= 0.3 is 18.1 Å². The van der Waals surface area contributed by atoms with Crippen LogP contribution in [0.4, 0.5) is 13.2 Å². The summed E-state index contributed by atoms with van der Waals surface area (Å²) in [5.41, 5.74) is 2.70. The predicted molar refractivity (Wildman–Crippen MR) is 158 cm³/mol. The van der Waals surface area contributed by atoms with E-state index in [2.05, 4.69) is 22.6 Å². The number of aryl methyl sites for hydroxylation is 1. The number of ether oxygens (including phenoxy) is 1. The Balaban J connectivity index is 1.43. The zero-order valence-electron chi connectivity index (χ0n) is 25.5. The van der Waals surface area contributed by atoms with Crippen LogP contribution >= 0.6 is 0 Å². The van der Waals surface area contributed by atoms with Crippen molar-refractivity contribution in [2.45, 2.75) is 75.9 Å². The van der Waals surface area contributed by atoms with Crippen molar-refractivity contribution in [3.8, 4) is 11.1 Å². The molecule has 0 aliphatic carbocycles. The number of nitrogens with one attached hydrogen (secondary N) is 2. The summed E-state index contributed by atoms with van der Waals surface area (Å²) in [5.74, 6) is -5.51. The number of aromatic nitrogens is 3. The molecule has 252 valence electrons. The number of halogens is 3. The number of aliphatic hydroxyl groups is 3. The normalized spacial score (nSPS) is 19.6. The number of aliphatic hydroxyl groups excluding tert-OH is 3. The van der Waals surface area contributed by atoms with E-state index >= 15 is 0 Å². The second-order valence-corrected chi connectivity index (χ2v) is 11.5. The lowest BCUT2D eigenvalue weighted by atomic mass is 9.93. The summed E-state index contributed by atoms with van der Waals surface area (Å²) >= 11 is 0. The van der Waals surface area contributed by atoms with Crippen molar-refractivity contribution in [3.05, 3.63) is 83.4 Å². The smallest absolute Gasteiger partial charge is 0.471 e. The molecule has 0 saturated carbocycles. The van der Waals surface area contributed by atoms with Gasteiger partial charge in [-0.3, -0.25) is 9.59 Å². The average Bonchev–Trinajstić information content (AvgIpc) is 3.50. The second-order valence-electron chi connectivity index (χ2n) is 11.5. The van der Waals surface area contributed by atoms with Gasteiger partial charge in [-0.25, -0.2) is 9.48 Å². The molecule has 5 atom stereocenters. The first-order valence-corrected chi connectivity index (χ1v) is 14.5. The fourth-order valence-corrected chi connectivity index (χ4v) is 4.88. The lowest BCUT2D eigenvalue weighted by Crippen LogP contribution is -2.61. The van der Waals surface area contributed by atoms with Crippen molar-refractivity contribution in [1.29, 1.82) is 0 Å². The molecule has 0 radical (unpaired) electrons. The van der Waals surface area contributed by atoms with Crippen molar-refractivity contribution in [3.63, 3.8) is 0 Å².